The molecule has 0 aliphatic heterocycles. The first-order chi connectivity index (χ1) is 18.9. The summed E-state index contributed by atoms with van der Waals surface area (Å²) < 4.78 is 4.67. The van der Waals surface area contributed by atoms with E-state index in [4.69, 9.17) is 4.98 Å². The summed E-state index contributed by atoms with van der Waals surface area (Å²) in [6.07, 6.45) is 1.88. The Bertz CT molecular complexity index is 2120. The van der Waals surface area contributed by atoms with Gasteiger partial charge in [0.05, 0.1) is 27.6 Å². The predicted octanol–water partition coefficient (Wildman–Crippen LogP) is 8.94. The summed E-state index contributed by atoms with van der Waals surface area (Å²) in [5.74, 6) is 0. The van der Waals surface area contributed by atoms with Crippen LogP contribution in [-0.4, -0.2) is 14.1 Å². The van der Waals surface area contributed by atoms with Crippen LogP contribution in [-0.2, 0) is 0 Å². The van der Waals surface area contributed by atoms with E-state index in [9.17, 15) is 0 Å². The number of hydrogen-bond acceptors (Lipinski definition) is 1. The van der Waals surface area contributed by atoms with Gasteiger partial charge in [0.1, 0.15) is 0 Å². The monoisotopic (exact) mass is 485 g/mol. The van der Waals surface area contributed by atoms with E-state index in [2.05, 4.69) is 137 Å². The molecule has 0 amide bonds. The largest absolute Gasteiger partial charge is 0.309 e. The minimum Gasteiger partial charge on any atom is -0.309 e. The van der Waals surface area contributed by atoms with Gasteiger partial charge in [0.2, 0.25) is 0 Å². The maximum Gasteiger partial charge on any atom is 0.0963 e. The van der Waals surface area contributed by atoms with Crippen molar-refractivity contribution in [3.63, 3.8) is 0 Å². The van der Waals surface area contributed by atoms with Crippen LogP contribution in [0, 0.1) is 0 Å². The minimum absolute atomic E-state index is 1.02. The summed E-state index contributed by atoms with van der Waals surface area (Å²) in [6, 6.07) is 47.6. The van der Waals surface area contributed by atoms with Crippen molar-refractivity contribution >= 4 is 43.7 Å². The molecule has 0 unspecified atom stereocenters. The molecule has 0 spiro atoms. The molecule has 8 rings (SSSR count). The molecule has 3 heteroatoms. The quantitative estimate of drug-likeness (QED) is 0.245. The summed E-state index contributed by atoms with van der Waals surface area (Å²) in [4.78, 5) is 4.80. The van der Waals surface area contributed by atoms with E-state index in [0.29, 0.717) is 0 Å². The summed E-state index contributed by atoms with van der Waals surface area (Å²) in [5.41, 5.74) is 10.4. The molecule has 178 valence electrons. The number of pyridine rings is 1. The Morgan fingerprint density at radius 2 is 0.974 bits per heavy atom. The van der Waals surface area contributed by atoms with Crippen molar-refractivity contribution in [1.29, 1.82) is 0 Å². The van der Waals surface area contributed by atoms with Crippen molar-refractivity contribution in [2.45, 2.75) is 0 Å². The number of hydrogen-bond donors (Lipinski definition) is 0. The maximum atomic E-state index is 4.80. The van der Waals surface area contributed by atoms with Crippen molar-refractivity contribution in [3.05, 3.63) is 140 Å². The van der Waals surface area contributed by atoms with Gasteiger partial charge in [-0.05, 0) is 71.8 Å². The van der Waals surface area contributed by atoms with Gasteiger partial charge < -0.3 is 9.13 Å². The third-order valence-electron chi connectivity index (χ3n) is 7.56. The lowest BCUT2D eigenvalue weighted by Gasteiger charge is -2.10. The zero-order valence-electron chi connectivity index (χ0n) is 20.6. The number of nitrogens with zero attached hydrogens (tertiary/aromatic N) is 3. The standard InChI is InChI=1S/C35H23N3/c1-3-10-26(11-4-1)37-32-20-18-24(22-30(32)35-33(37)16-9-21-36-35)25-17-19-29-28-14-7-8-15-31(28)38(34(29)23-25)27-12-5-2-6-13-27/h1-23H. The van der Waals surface area contributed by atoms with Crippen LogP contribution < -0.4 is 0 Å². The van der Waals surface area contributed by atoms with Gasteiger partial charge in [-0.3, -0.25) is 4.98 Å². The van der Waals surface area contributed by atoms with Crippen LogP contribution in [0.2, 0.25) is 0 Å². The molecule has 0 saturated heterocycles. The number of benzene rings is 5. The van der Waals surface area contributed by atoms with E-state index in [1.165, 1.54) is 38.6 Å². The van der Waals surface area contributed by atoms with Crippen LogP contribution in [0.1, 0.15) is 0 Å². The van der Waals surface area contributed by atoms with Crippen molar-refractivity contribution < 1.29 is 0 Å². The molecule has 0 saturated carbocycles. The van der Waals surface area contributed by atoms with Crippen molar-refractivity contribution in [3.8, 4) is 22.5 Å². The van der Waals surface area contributed by atoms with Crippen molar-refractivity contribution in [2.24, 2.45) is 0 Å². The molecule has 3 nitrogen and oxygen atoms in total. The summed E-state index contributed by atoms with van der Waals surface area (Å²) in [7, 11) is 0. The fourth-order valence-electron chi connectivity index (χ4n) is 5.88. The molecule has 5 aromatic carbocycles. The Balaban J connectivity index is 1.38. The van der Waals surface area contributed by atoms with E-state index < -0.39 is 0 Å². The lowest BCUT2D eigenvalue weighted by Crippen LogP contribution is -1.93. The molecule has 0 fully saturated rings. The van der Waals surface area contributed by atoms with E-state index >= 15 is 0 Å². The fourth-order valence-corrected chi connectivity index (χ4v) is 5.88. The van der Waals surface area contributed by atoms with Crippen molar-refractivity contribution in [2.75, 3.05) is 0 Å². The molecular formula is C35H23N3. The van der Waals surface area contributed by atoms with Gasteiger partial charge >= 0.3 is 0 Å². The second-order valence-corrected chi connectivity index (χ2v) is 9.69. The van der Waals surface area contributed by atoms with Gasteiger partial charge in [-0.15, -0.1) is 0 Å². The Morgan fingerprint density at radius 3 is 1.76 bits per heavy atom. The molecule has 8 aromatic rings. The lowest BCUT2D eigenvalue weighted by atomic mass is 10.0. The highest BCUT2D eigenvalue weighted by atomic mass is 15.0. The van der Waals surface area contributed by atoms with Crippen LogP contribution >= 0.6 is 0 Å². The minimum atomic E-state index is 1.02. The summed E-state index contributed by atoms with van der Waals surface area (Å²) in [5, 5.41) is 3.69. The van der Waals surface area contributed by atoms with Crippen LogP contribution in [0.25, 0.3) is 66.2 Å². The molecular weight excluding hydrogens is 462 g/mol. The van der Waals surface area contributed by atoms with E-state index in [0.717, 1.165) is 27.6 Å². The highest BCUT2D eigenvalue weighted by Crippen LogP contribution is 2.37. The highest BCUT2D eigenvalue weighted by Gasteiger charge is 2.16. The van der Waals surface area contributed by atoms with Gasteiger partial charge in [-0.1, -0.05) is 72.8 Å². The zero-order valence-corrected chi connectivity index (χ0v) is 20.6. The third kappa shape index (κ3) is 3.06. The lowest BCUT2D eigenvalue weighted by molar-refractivity contribution is 1.17. The molecule has 0 N–H and O–H groups in total. The van der Waals surface area contributed by atoms with E-state index in [1.54, 1.807) is 0 Å². The molecule has 3 heterocycles. The molecule has 0 radical (unpaired) electrons. The smallest absolute Gasteiger partial charge is 0.0963 e. The molecule has 0 aliphatic rings. The average molecular weight is 486 g/mol. The Hall–Kier alpha value is -5.15. The Kier molecular flexibility index (Phi) is 4.52. The second-order valence-electron chi connectivity index (χ2n) is 9.69. The first-order valence-corrected chi connectivity index (χ1v) is 12.9. The number of aromatic nitrogens is 3. The first-order valence-electron chi connectivity index (χ1n) is 12.9. The molecule has 0 bridgehead atoms. The second kappa shape index (κ2) is 8.19. The van der Waals surface area contributed by atoms with Gasteiger partial charge in [0.15, 0.2) is 0 Å². The zero-order chi connectivity index (χ0) is 25.1. The average Bonchev–Trinajstić information content (AvgIpc) is 3.50. The first kappa shape index (κ1) is 21.0. The van der Waals surface area contributed by atoms with Crippen LogP contribution in [0.5, 0.6) is 0 Å². The van der Waals surface area contributed by atoms with Crippen LogP contribution in [0.3, 0.4) is 0 Å². The fraction of sp³-hybridized carbons (Fsp3) is 0. The predicted molar refractivity (Wildman–Crippen MR) is 158 cm³/mol. The highest BCUT2D eigenvalue weighted by molar-refractivity contribution is 6.11. The normalized spacial score (nSPS) is 11.7. The van der Waals surface area contributed by atoms with Crippen LogP contribution in [0.15, 0.2) is 140 Å². The van der Waals surface area contributed by atoms with Gasteiger partial charge in [0.25, 0.3) is 0 Å². The Labute approximate surface area is 219 Å². The van der Waals surface area contributed by atoms with Crippen LogP contribution in [0.4, 0.5) is 0 Å². The Morgan fingerprint density at radius 1 is 0.395 bits per heavy atom. The topological polar surface area (TPSA) is 22.8 Å². The van der Waals surface area contributed by atoms with Gasteiger partial charge in [-0.25, -0.2) is 0 Å². The molecule has 3 aromatic heterocycles. The molecule has 0 atom stereocenters. The van der Waals surface area contributed by atoms with Gasteiger partial charge in [-0.2, -0.15) is 0 Å². The number of fused-ring (bicyclic) bond motifs is 6. The van der Waals surface area contributed by atoms with Crippen molar-refractivity contribution in [1.82, 2.24) is 14.1 Å². The summed E-state index contributed by atoms with van der Waals surface area (Å²) >= 11 is 0. The summed E-state index contributed by atoms with van der Waals surface area (Å²) in [6.45, 7) is 0. The SMILES string of the molecule is c1ccc(-n2c3ccccc3c3ccc(-c4ccc5c(c4)c4ncccc4n5-c4ccccc4)cc32)cc1. The molecule has 0 aliphatic carbocycles. The van der Waals surface area contributed by atoms with E-state index in [1.807, 2.05) is 12.3 Å². The van der Waals surface area contributed by atoms with E-state index in [-0.39, 0.29) is 0 Å². The number of para-hydroxylation sites is 3. The van der Waals surface area contributed by atoms with Gasteiger partial charge in [0, 0.05) is 33.7 Å². The third-order valence-corrected chi connectivity index (χ3v) is 7.56. The maximum absolute atomic E-state index is 4.80. The number of rotatable bonds is 3. The molecule has 38 heavy (non-hydrogen) atoms.